The smallest absolute Gasteiger partial charge is 0.0470 e. The van der Waals surface area contributed by atoms with Crippen molar-refractivity contribution in [2.45, 2.75) is 38.8 Å². The predicted octanol–water partition coefficient (Wildman–Crippen LogP) is 3.31. The molecule has 1 heterocycles. The third kappa shape index (κ3) is 2.93. The van der Waals surface area contributed by atoms with Gasteiger partial charge in [0.05, 0.1) is 0 Å². The quantitative estimate of drug-likeness (QED) is 0.825. The van der Waals surface area contributed by atoms with Crippen molar-refractivity contribution in [1.82, 2.24) is 5.32 Å². The van der Waals surface area contributed by atoms with Gasteiger partial charge in [0.1, 0.15) is 0 Å². The maximum atomic E-state index is 5.95. The van der Waals surface area contributed by atoms with Gasteiger partial charge in [0.25, 0.3) is 0 Å². The van der Waals surface area contributed by atoms with E-state index in [9.17, 15) is 0 Å². The molecule has 1 aliphatic heterocycles. The molecule has 1 aromatic carbocycles. The molecule has 0 saturated carbocycles. The first kappa shape index (κ1) is 12.7. The van der Waals surface area contributed by atoms with E-state index in [1.807, 2.05) is 12.1 Å². The van der Waals surface area contributed by atoms with Gasteiger partial charge in [0.15, 0.2) is 0 Å². The standard InChI is InChI=1S/C14H21ClN2/c1-11-8-9-17(14(2,3)10-16-11)13-6-4-12(15)5-7-13/h4-7,11,16H,8-10H2,1-3H3. The van der Waals surface area contributed by atoms with Crippen LogP contribution in [0.4, 0.5) is 5.69 Å². The number of benzene rings is 1. The average molecular weight is 253 g/mol. The van der Waals surface area contributed by atoms with Crippen LogP contribution in [-0.2, 0) is 0 Å². The second-order valence-electron chi connectivity index (χ2n) is 5.51. The van der Waals surface area contributed by atoms with E-state index in [-0.39, 0.29) is 5.54 Å². The summed E-state index contributed by atoms with van der Waals surface area (Å²) in [7, 11) is 0. The van der Waals surface area contributed by atoms with Crippen LogP contribution >= 0.6 is 11.6 Å². The Balaban J connectivity index is 2.25. The second-order valence-corrected chi connectivity index (χ2v) is 5.95. The minimum Gasteiger partial charge on any atom is -0.365 e. The van der Waals surface area contributed by atoms with Crippen LogP contribution in [0.25, 0.3) is 0 Å². The number of hydrogen-bond donors (Lipinski definition) is 1. The van der Waals surface area contributed by atoms with E-state index in [1.165, 1.54) is 12.1 Å². The third-order valence-corrected chi connectivity index (χ3v) is 3.79. The molecule has 1 N–H and O–H groups in total. The molecular weight excluding hydrogens is 232 g/mol. The van der Waals surface area contributed by atoms with Crippen molar-refractivity contribution < 1.29 is 0 Å². The van der Waals surface area contributed by atoms with Gasteiger partial charge in [0.2, 0.25) is 0 Å². The highest BCUT2D eigenvalue weighted by Crippen LogP contribution is 2.27. The molecule has 94 valence electrons. The lowest BCUT2D eigenvalue weighted by molar-refractivity contribution is 0.447. The van der Waals surface area contributed by atoms with E-state index >= 15 is 0 Å². The van der Waals surface area contributed by atoms with E-state index in [0.717, 1.165) is 18.1 Å². The average Bonchev–Trinajstić information content (AvgIpc) is 2.41. The predicted molar refractivity (Wildman–Crippen MR) is 75.0 cm³/mol. The number of halogens is 1. The molecule has 1 aliphatic rings. The Kier molecular flexibility index (Phi) is 3.64. The van der Waals surface area contributed by atoms with Crippen molar-refractivity contribution in [3.8, 4) is 0 Å². The van der Waals surface area contributed by atoms with Crippen LogP contribution in [-0.4, -0.2) is 24.7 Å². The fraction of sp³-hybridized carbons (Fsp3) is 0.571. The van der Waals surface area contributed by atoms with E-state index in [1.54, 1.807) is 0 Å². The minimum atomic E-state index is 0.137. The molecule has 0 aromatic heterocycles. The van der Waals surface area contributed by atoms with Gasteiger partial charge < -0.3 is 10.2 Å². The highest BCUT2D eigenvalue weighted by atomic mass is 35.5. The first-order chi connectivity index (χ1) is 7.99. The van der Waals surface area contributed by atoms with Gasteiger partial charge in [-0.3, -0.25) is 0 Å². The summed E-state index contributed by atoms with van der Waals surface area (Å²) in [4.78, 5) is 2.47. The molecule has 0 spiro atoms. The van der Waals surface area contributed by atoms with Gasteiger partial charge in [-0.1, -0.05) is 11.6 Å². The van der Waals surface area contributed by atoms with Gasteiger partial charge in [-0.25, -0.2) is 0 Å². The van der Waals surface area contributed by atoms with Crippen molar-refractivity contribution in [2.24, 2.45) is 0 Å². The summed E-state index contributed by atoms with van der Waals surface area (Å²) in [6.07, 6.45) is 1.17. The molecule has 0 radical (unpaired) electrons. The SMILES string of the molecule is CC1CCN(c2ccc(Cl)cc2)C(C)(C)CN1. The van der Waals surface area contributed by atoms with Crippen LogP contribution in [0.5, 0.6) is 0 Å². The zero-order valence-electron chi connectivity index (χ0n) is 10.8. The molecule has 2 rings (SSSR count). The van der Waals surface area contributed by atoms with Gasteiger partial charge in [0, 0.05) is 35.4 Å². The lowest BCUT2D eigenvalue weighted by Gasteiger charge is -2.39. The summed E-state index contributed by atoms with van der Waals surface area (Å²) >= 11 is 5.95. The van der Waals surface area contributed by atoms with Crippen molar-refractivity contribution in [2.75, 3.05) is 18.0 Å². The summed E-state index contributed by atoms with van der Waals surface area (Å²) in [5, 5.41) is 4.38. The van der Waals surface area contributed by atoms with Crippen molar-refractivity contribution in [3.63, 3.8) is 0 Å². The van der Waals surface area contributed by atoms with Crippen LogP contribution in [0.1, 0.15) is 27.2 Å². The van der Waals surface area contributed by atoms with Gasteiger partial charge in [-0.05, 0) is 51.5 Å². The highest BCUT2D eigenvalue weighted by molar-refractivity contribution is 6.30. The van der Waals surface area contributed by atoms with Crippen LogP contribution in [0.3, 0.4) is 0 Å². The summed E-state index contributed by atoms with van der Waals surface area (Å²) < 4.78 is 0. The summed E-state index contributed by atoms with van der Waals surface area (Å²) in [6, 6.07) is 8.75. The van der Waals surface area contributed by atoms with Crippen LogP contribution < -0.4 is 10.2 Å². The Labute approximate surface area is 109 Å². The summed E-state index contributed by atoms with van der Waals surface area (Å²) in [5.41, 5.74) is 1.40. The molecule has 3 heteroatoms. The molecular formula is C14H21ClN2. The van der Waals surface area contributed by atoms with Crippen molar-refractivity contribution >= 4 is 17.3 Å². The van der Waals surface area contributed by atoms with E-state index in [4.69, 9.17) is 11.6 Å². The van der Waals surface area contributed by atoms with E-state index in [0.29, 0.717) is 6.04 Å². The van der Waals surface area contributed by atoms with Gasteiger partial charge >= 0.3 is 0 Å². The van der Waals surface area contributed by atoms with Crippen molar-refractivity contribution in [3.05, 3.63) is 29.3 Å². The lowest BCUT2D eigenvalue weighted by Crippen LogP contribution is -2.49. The topological polar surface area (TPSA) is 15.3 Å². The number of hydrogen-bond acceptors (Lipinski definition) is 2. The fourth-order valence-electron chi connectivity index (χ4n) is 2.35. The number of nitrogens with zero attached hydrogens (tertiary/aromatic N) is 1. The Bertz CT molecular complexity index is 372. The Morgan fingerprint density at radius 3 is 2.59 bits per heavy atom. The highest BCUT2D eigenvalue weighted by Gasteiger charge is 2.30. The maximum Gasteiger partial charge on any atom is 0.0470 e. The van der Waals surface area contributed by atoms with Crippen LogP contribution in [0, 0.1) is 0 Å². The molecule has 1 aromatic rings. The number of anilines is 1. The molecule has 1 fully saturated rings. The summed E-state index contributed by atoms with van der Waals surface area (Å²) in [6.45, 7) is 8.92. The molecule has 0 aliphatic carbocycles. The van der Waals surface area contributed by atoms with Crippen molar-refractivity contribution in [1.29, 1.82) is 0 Å². The Morgan fingerprint density at radius 2 is 1.94 bits per heavy atom. The van der Waals surface area contributed by atoms with Crippen LogP contribution in [0.2, 0.25) is 5.02 Å². The third-order valence-electron chi connectivity index (χ3n) is 3.54. The fourth-order valence-corrected chi connectivity index (χ4v) is 2.47. The number of nitrogens with one attached hydrogen (secondary N) is 1. The molecule has 0 amide bonds. The molecule has 0 bridgehead atoms. The zero-order chi connectivity index (χ0) is 12.5. The molecule has 1 saturated heterocycles. The lowest BCUT2D eigenvalue weighted by atomic mass is 10.0. The second kappa shape index (κ2) is 4.87. The van der Waals surface area contributed by atoms with Gasteiger partial charge in [-0.15, -0.1) is 0 Å². The monoisotopic (exact) mass is 252 g/mol. The van der Waals surface area contributed by atoms with E-state index in [2.05, 4.69) is 43.1 Å². The first-order valence-electron chi connectivity index (χ1n) is 6.26. The largest absolute Gasteiger partial charge is 0.365 e. The first-order valence-corrected chi connectivity index (χ1v) is 6.63. The molecule has 2 nitrogen and oxygen atoms in total. The molecule has 1 unspecified atom stereocenters. The maximum absolute atomic E-state index is 5.95. The normalized spacial score (nSPS) is 24.5. The van der Waals surface area contributed by atoms with Crippen LogP contribution in [0.15, 0.2) is 24.3 Å². The Morgan fingerprint density at radius 1 is 1.29 bits per heavy atom. The molecule has 1 atom stereocenters. The minimum absolute atomic E-state index is 0.137. The molecule has 17 heavy (non-hydrogen) atoms. The zero-order valence-corrected chi connectivity index (χ0v) is 11.6. The summed E-state index contributed by atoms with van der Waals surface area (Å²) in [5.74, 6) is 0. The van der Waals surface area contributed by atoms with E-state index < -0.39 is 0 Å². The number of rotatable bonds is 1. The Hall–Kier alpha value is -0.730. The van der Waals surface area contributed by atoms with Gasteiger partial charge in [-0.2, -0.15) is 0 Å².